The van der Waals surface area contributed by atoms with E-state index in [9.17, 15) is 4.79 Å². The van der Waals surface area contributed by atoms with Gasteiger partial charge in [0.15, 0.2) is 0 Å². The minimum absolute atomic E-state index is 0.0506. The lowest BCUT2D eigenvalue weighted by molar-refractivity contribution is 0.212. The second-order valence-electron chi connectivity index (χ2n) is 7.46. The number of hydrogen-bond acceptors (Lipinski definition) is 1. The fourth-order valence-corrected chi connectivity index (χ4v) is 3.64. The molecule has 0 atom stereocenters. The zero-order chi connectivity index (χ0) is 19.9. The number of nitrogens with zero attached hydrogens (tertiary/aromatic N) is 1. The maximum absolute atomic E-state index is 12.5. The molecular weight excluding hydrogens is 356 g/mol. The van der Waals surface area contributed by atoms with Crippen LogP contribution >= 0.6 is 0 Å². The Bertz CT molecular complexity index is 952. The van der Waals surface area contributed by atoms with Crippen molar-refractivity contribution in [2.75, 3.05) is 5.32 Å². The highest BCUT2D eigenvalue weighted by Crippen LogP contribution is 2.23. The fraction of sp³-hybridized carbons (Fsp3) is 0.192. The molecule has 3 nitrogen and oxygen atoms in total. The van der Waals surface area contributed by atoms with Crippen molar-refractivity contribution in [1.29, 1.82) is 0 Å². The number of unbranched alkanes of at least 4 members (excludes halogenated alkanes) is 1. The molecule has 1 aliphatic heterocycles. The van der Waals surface area contributed by atoms with Crippen LogP contribution in [0.15, 0.2) is 84.9 Å². The van der Waals surface area contributed by atoms with Crippen LogP contribution in [0.5, 0.6) is 0 Å². The summed E-state index contributed by atoms with van der Waals surface area (Å²) in [5.41, 5.74) is 5.83. The first kappa shape index (κ1) is 19.0. The molecule has 0 saturated heterocycles. The van der Waals surface area contributed by atoms with Gasteiger partial charge in [-0.05, 0) is 53.6 Å². The van der Waals surface area contributed by atoms with Gasteiger partial charge < -0.3 is 10.2 Å². The molecule has 4 rings (SSSR count). The van der Waals surface area contributed by atoms with Crippen LogP contribution in [-0.2, 0) is 19.5 Å². The molecule has 1 heterocycles. The van der Waals surface area contributed by atoms with Gasteiger partial charge in [-0.3, -0.25) is 0 Å². The molecule has 0 radical (unpaired) electrons. The lowest BCUT2D eigenvalue weighted by Gasteiger charge is -2.16. The molecule has 0 bridgehead atoms. The number of fused-ring (bicyclic) bond motifs is 1. The maximum atomic E-state index is 12.5. The molecule has 146 valence electrons. The number of carbonyl (C=O) groups excluding carboxylic acids is 1. The molecule has 3 heteroatoms. The van der Waals surface area contributed by atoms with Crippen molar-refractivity contribution in [2.45, 2.75) is 32.4 Å². The minimum atomic E-state index is -0.0506. The molecule has 0 fully saturated rings. The van der Waals surface area contributed by atoms with Gasteiger partial charge in [-0.1, -0.05) is 78.9 Å². The third kappa shape index (κ3) is 5.14. The highest BCUT2D eigenvalue weighted by molar-refractivity contribution is 5.89. The zero-order valence-corrected chi connectivity index (χ0v) is 16.6. The Balaban J connectivity index is 1.23. The van der Waals surface area contributed by atoms with Crippen molar-refractivity contribution in [1.82, 2.24) is 4.90 Å². The molecule has 0 unspecified atom stereocenters. The van der Waals surface area contributed by atoms with Gasteiger partial charge in [0.05, 0.1) is 0 Å². The van der Waals surface area contributed by atoms with Gasteiger partial charge in [0.2, 0.25) is 0 Å². The van der Waals surface area contributed by atoms with Crippen molar-refractivity contribution in [3.63, 3.8) is 0 Å². The first-order valence-electron chi connectivity index (χ1n) is 10.2. The van der Waals surface area contributed by atoms with Gasteiger partial charge in [-0.25, -0.2) is 4.79 Å². The van der Waals surface area contributed by atoms with E-state index < -0.39 is 0 Å². The summed E-state index contributed by atoms with van der Waals surface area (Å²) in [4.78, 5) is 14.4. The summed E-state index contributed by atoms with van der Waals surface area (Å²) in [6, 6.07) is 26.8. The van der Waals surface area contributed by atoms with Crippen LogP contribution in [0.3, 0.4) is 0 Å². The van der Waals surface area contributed by atoms with Crippen LogP contribution in [-0.4, -0.2) is 10.9 Å². The lowest BCUT2D eigenvalue weighted by atomic mass is 10.1. The van der Waals surface area contributed by atoms with Gasteiger partial charge in [0, 0.05) is 18.8 Å². The number of aryl methyl sites for hydroxylation is 1. The largest absolute Gasteiger partial charge is 0.322 e. The summed E-state index contributed by atoms with van der Waals surface area (Å²) in [5, 5.41) is 3.00. The van der Waals surface area contributed by atoms with Gasteiger partial charge in [0.25, 0.3) is 0 Å². The molecular formula is C26H26N2O. The fourth-order valence-electron chi connectivity index (χ4n) is 3.64. The number of benzene rings is 3. The number of nitrogens with one attached hydrogen (secondary N) is 1. The van der Waals surface area contributed by atoms with E-state index in [1.54, 1.807) is 0 Å². The number of rotatable bonds is 6. The van der Waals surface area contributed by atoms with Crippen molar-refractivity contribution in [2.24, 2.45) is 0 Å². The van der Waals surface area contributed by atoms with Crippen molar-refractivity contribution in [3.8, 4) is 0 Å². The molecule has 3 aromatic rings. The molecule has 0 spiro atoms. The molecule has 2 amide bonds. The summed E-state index contributed by atoms with van der Waals surface area (Å²) < 4.78 is 0. The predicted molar refractivity (Wildman–Crippen MR) is 120 cm³/mol. The summed E-state index contributed by atoms with van der Waals surface area (Å²) in [5.74, 6) is 0. The monoisotopic (exact) mass is 382 g/mol. The first-order valence-corrected chi connectivity index (χ1v) is 10.2. The maximum Gasteiger partial charge on any atom is 0.322 e. The smallest absolute Gasteiger partial charge is 0.316 e. The Morgan fingerprint density at radius 1 is 0.862 bits per heavy atom. The number of urea groups is 1. The van der Waals surface area contributed by atoms with E-state index in [1.165, 1.54) is 16.7 Å². The van der Waals surface area contributed by atoms with Crippen LogP contribution in [0, 0.1) is 0 Å². The first-order chi connectivity index (χ1) is 14.3. The lowest BCUT2D eigenvalue weighted by Crippen LogP contribution is -2.30. The van der Waals surface area contributed by atoms with Gasteiger partial charge in [0.1, 0.15) is 0 Å². The molecule has 1 N–H and O–H groups in total. The van der Waals surface area contributed by atoms with E-state index in [0.29, 0.717) is 13.1 Å². The minimum Gasteiger partial charge on any atom is -0.316 e. The Morgan fingerprint density at radius 2 is 1.52 bits per heavy atom. The second kappa shape index (κ2) is 9.24. The molecule has 0 aromatic heterocycles. The van der Waals surface area contributed by atoms with Crippen LogP contribution < -0.4 is 5.32 Å². The van der Waals surface area contributed by atoms with E-state index >= 15 is 0 Å². The third-order valence-electron chi connectivity index (χ3n) is 5.28. The van der Waals surface area contributed by atoms with Crippen LogP contribution in [0.1, 0.15) is 35.1 Å². The summed E-state index contributed by atoms with van der Waals surface area (Å²) in [6.07, 6.45) is 7.68. The average Bonchev–Trinajstić information content (AvgIpc) is 3.20. The molecule has 1 aliphatic rings. The van der Waals surface area contributed by atoms with E-state index in [0.717, 1.165) is 30.5 Å². The summed E-state index contributed by atoms with van der Waals surface area (Å²) in [6.45, 7) is 1.34. The number of hydrogen-bond donors (Lipinski definition) is 1. The van der Waals surface area contributed by atoms with E-state index in [4.69, 9.17) is 0 Å². The van der Waals surface area contributed by atoms with E-state index in [-0.39, 0.29) is 6.03 Å². The Kier molecular flexibility index (Phi) is 6.06. The Morgan fingerprint density at radius 3 is 2.21 bits per heavy atom. The van der Waals surface area contributed by atoms with Crippen LogP contribution in [0.4, 0.5) is 10.5 Å². The van der Waals surface area contributed by atoms with Crippen LogP contribution in [0.2, 0.25) is 0 Å². The van der Waals surface area contributed by atoms with Crippen molar-refractivity contribution < 1.29 is 4.79 Å². The van der Waals surface area contributed by atoms with Gasteiger partial charge in [-0.15, -0.1) is 0 Å². The molecule has 3 aromatic carbocycles. The standard InChI is InChI=1S/C26H26N2O/c29-26(28-19-23-13-7-8-14-24(23)20-28)27-25-17-15-22(16-18-25)12-6-2-5-11-21-9-3-1-4-10-21/h1,3-4,6-10,12-18H,2,5,11,19-20H2,(H,27,29)/b12-6+. The Hall–Kier alpha value is -3.33. The predicted octanol–water partition coefficient (Wildman–Crippen LogP) is 6.27. The van der Waals surface area contributed by atoms with E-state index in [2.05, 4.69) is 59.9 Å². The van der Waals surface area contributed by atoms with Crippen molar-refractivity contribution >= 4 is 17.8 Å². The summed E-state index contributed by atoms with van der Waals surface area (Å²) >= 11 is 0. The third-order valence-corrected chi connectivity index (χ3v) is 5.28. The average molecular weight is 383 g/mol. The molecule has 29 heavy (non-hydrogen) atoms. The second-order valence-corrected chi connectivity index (χ2v) is 7.46. The van der Waals surface area contributed by atoms with Gasteiger partial charge in [-0.2, -0.15) is 0 Å². The quantitative estimate of drug-likeness (QED) is 0.501. The van der Waals surface area contributed by atoms with E-state index in [1.807, 2.05) is 41.3 Å². The number of anilines is 1. The number of allylic oxidation sites excluding steroid dienone is 1. The highest BCUT2D eigenvalue weighted by Gasteiger charge is 2.22. The molecule has 0 aliphatic carbocycles. The van der Waals surface area contributed by atoms with Crippen LogP contribution in [0.25, 0.3) is 6.08 Å². The number of amides is 2. The normalized spacial score (nSPS) is 12.9. The topological polar surface area (TPSA) is 32.3 Å². The highest BCUT2D eigenvalue weighted by atomic mass is 16.2. The molecule has 0 saturated carbocycles. The number of carbonyl (C=O) groups is 1. The van der Waals surface area contributed by atoms with Gasteiger partial charge >= 0.3 is 6.03 Å². The summed E-state index contributed by atoms with van der Waals surface area (Å²) in [7, 11) is 0. The Labute approximate surface area is 172 Å². The van der Waals surface area contributed by atoms with Crippen molar-refractivity contribution in [3.05, 3.63) is 107 Å². The zero-order valence-electron chi connectivity index (χ0n) is 16.6. The SMILES string of the molecule is O=C(Nc1ccc(/C=C/CCCc2ccccc2)cc1)N1Cc2ccccc2C1.